The van der Waals surface area contributed by atoms with Crippen LogP contribution in [0.15, 0.2) is 91.0 Å². The van der Waals surface area contributed by atoms with E-state index in [0.29, 0.717) is 19.1 Å². The van der Waals surface area contributed by atoms with Gasteiger partial charge in [0.25, 0.3) is 0 Å². The molecule has 0 atom stereocenters. The summed E-state index contributed by atoms with van der Waals surface area (Å²) in [7, 11) is 0. The van der Waals surface area contributed by atoms with Crippen LogP contribution in [-0.4, -0.2) is 16.2 Å². The molecule has 1 heterocycles. The zero-order valence-corrected chi connectivity index (χ0v) is 19.8. The van der Waals surface area contributed by atoms with E-state index in [0.717, 1.165) is 41.3 Å². The molecule has 0 aliphatic heterocycles. The van der Waals surface area contributed by atoms with Crippen molar-refractivity contribution in [3.8, 4) is 11.5 Å². The van der Waals surface area contributed by atoms with Crippen LogP contribution in [0.3, 0.4) is 0 Å². The standard InChI is InChI=1S/C30H30N2O2/c1-22(2)23-12-15-26(16-13-23)33-19-7-18-32-29-11-6-5-10-28(29)31-30(32)21-34-27-17-14-24-8-3-4-9-25(24)20-27/h3-6,8-17,20,22H,7,18-19,21H2,1-2H3. The average Bonchev–Trinajstić information content (AvgIpc) is 3.23. The highest BCUT2D eigenvalue weighted by Gasteiger charge is 2.11. The minimum Gasteiger partial charge on any atom is -0.494 e. The fourth-order valence-electron chi connectivity index (χ4n) is 4.25. The first kappa shape index (κ1) is 22.0. The average molecular weight is 451 g/mol. The van der Waals surface area contributed by atoms with Crippen molar-refractivity contribution >= 4 is 21.8 Å². The lowest BCUT2D eigenvalue weighted by atomic mass is 10.0. The molecule has 0 radical (unpaired) electrons. The van der Waals surface area contributed by atoms with Crippen LogP contribution in [0.5, 0.6) is 11.5 Å². The fourth-order valence-corrected chi connectivity index (χ4v) is 4.25. The maximum Gasteiger partial charge on any atom is 0.147 e. The molecule has 0 saturated carbocycles. The third-order valence-electron chi connectivity index (χ3n) is 6.16. The second-order valence-corrected chi connectivity index (χ2v) is 8.89. The minimum absolute atomic E-state index is 0.421. The predicted molar refractivity (Wildman–Crippen MR) is 139 cm³/mol. The molecule has 0 aliphatic carbocycles. The Balaban J connectivity index is 1.26. The number of para-hydroxylation sites is 2. The molecule has 4 aromatic carbocycles. The SMILES string of the molecule is CC(C)c1ccc(OCCCn2c(COc3ccc4ccccc4c3)nc3ccccc32)cc1. The minimum atomic E-state index is 0.421. The van der Waals surface area contributed by atoms with E-state index in [-0.39, 0.29) is 0 Å². The molecule has 5 rings (SSSR count). The Morgan fingerprint density at radius 1 is 0.765 bits per heavy atom. The van der Waals surface area contributed by atoms with Gasteiger partial charge in [0.05, 0.1) is 17.6 Å². The van der Waals surface area contributed by atoms with Crippen molar-refractivity contribution in [3.05, 3.63) is 102 Å². The number of hydrogen-bond acceptors (Lipinski definition) is 3. The van der Waals surface area contributed by atoms with Crippen LogP contribution in [0.2, 0.25) is 0 Å². The summed E-state index contributed by atoms with van der Waals surface area (Å²) in [5, 5.41) is 2.38. The molecular weight excluding hydrogens is 420 g/mol. The number of aryl methyl sites for hydroxylation is 1. The van der Waals surface area contributed by atoms with Crippen molar-refractivity contribution in [2.24, 2.45) is 0 Å². The van der Waals surface area contributed by atoms with Gasteiger partial charge in [-0.2, -0.15) is 0 Å². The molecule has 0 unspecified atom stereocenters. The molecule has 0 amide bonds. The molecule has 34 heavy (non-hydrogen) atoms. The maximum absolute atomic E-state index is 6.16. The monoisotopic (exact) mass is 450 g/mol. The summed E-state index contributed by atoms with van der Waals surface area (Å²) in [4.78, 5) is 4.85. The van der Waals surface area contributed by atoms with Crippen LogP contribution in [0.25, 0.3) is 21.8 Å². The van der Waals surface area contributed by atoms with Crippen molar-refractivity contribution in [2.45, 2.75) is 39.3 Å². The molecule has 0 saturated heterocycles. The van der Waals surface area contributed by atoms with Crippen molar-refractivity contribution < 1.29 is 9.47 Å². The second kappa shape index (κ2) is 10.0. The topological polar surface area (TPSA) is 36.3 Å². The first-order valence-corrected chi connectivity index (χ1v) is 12.0. The fraction of sp³-hybridized carbons (Fsp3) is 0.233. The van der Waals surface area contributed by atoms with Crippen LogP contribution >= 0.6 is 0 Å². The Kier molecular flexibility index (Phi) is 6.48. The normalized spacial score (nSPS) is 11.4. The van der Waals surface area contributed by atoms with Gasteiger partial charge in [-0.05, 0) is 65.1 Å². The third kappa shape index (κ3) is 4.91. The Morgan fingerprint density at radius 3 is 2.32 bits per heavy atom. The van der Waals surface area contributed by atoms with Gasteiger partial charge in [-0.25, -0.2) is 4.98 Å². The predicted octanol–water partition coefficient (Wildman–Crippen LogP) is 7.36. The lowest BCUT2D eigenvalue weighted by molar-refractivity contribution is 0.280. The smallest absolute Gasteiger partial charge is 0.147 e. The quantitative estimate of drug-likeness (QED) is 0.220. The van der Waals surface area contributed by atoms with E-state index < -0.39 is 0 Å². The van der Waals surface area contributed by atoms with E-state index in [4.69, 9.17) is 14.5 Å². The molecule has 0 aliphatic rings. The van der Waals surface area contributed by atoms with Crippen LogP contribution in [0.4, 0.5) is 0 Å². The van der Waals surface area contributed by atoms with Crippen molar-refractivity contribution in [1.82, 2.24) is 9.55 Å². The zero-order valence-electron chi connectivity index (χ0n) is 19.8. The van der Waals surface area contributed by atoms with E-state index in [2.05, 4.69) is 91.2 Å². The number of fused-ring (bicyclic) bond motifs is 2. The highest BCUT2D eigenvalue weighted by molar-refractivity contribution is 5.83. The van der Waals surface area contributed by atoms with Gasteiger partial charge in [0.15, 0.2) is 0 Å². The lowest BCUT2D eigenvalue weighted by Crippen LogP contribution is -2.10. The van der Waals surface area contributed by atoms with Gasteiger partial charge in [0.2, 0.25) is 0 Å². The Labute approximate surface area is 200 Å². The summed E-state index contributed by atoms with van der Waals surface area (Å²) in [6.07, 6.45) is 0.884. The van der Waals surface area contributed by atoms with Crippen molar-refractivity contribution in [1.29, 1.82) is 0 Å². The zero-order chi connectivity index (χ0) is 23.3. The molecule has 0 spiro atoms. The molecule has 0 N–H and O–H groups in total. The van der Waals surface area contributed by atoms with Crippen LogP contribution < -0.4 is 9.47 Å². The summed E-state index contributed by atoms with van der Waals surface area (Å²) in [5.41, 5.74) is 3.44. The van der Waals surface area contributed by atoms with Gasteiger partial charge in [-0.3, -0.25) is 0 Å². The highest BCUT2D eigenvalue weighted by atomic mass is 16.5. The molecule has 0 fully saturated rings. The van der Waals surface area contributed by atoms with E-state index >= 15 is 0 Å². The van der Waals surface area contributed by atoms with Gasteiger partial charge >= 0.3 is 0 Å². The number of benzene rings is 4. The first-order chi connectivity index (χ1) is 16.7. The van der Waals surface area contributed by atoms with Gasteiger partial charge < -0.3 is 14.0 Å². The molecule has 172 valence electrons. The largest absolute Gasteiger partial charge is 0.494 e. The molecule has 4 heteroatoms. The number of nitrogens with zero attached hydrogens (tertiary/aromatic N) is 2. The number of ether oxygens (including phenoxy) is 2. The Morgan fingerprint density at radius 2 is 1.50 bits per heavy atom. The molecule has 5 aromatic rings. The van der Waals surface area contributed by atoms with Gasteiger partial charge in [0, 0.05) is 6.54 Å². The van der Waals surface area contributed by atoms with Gasteiger partial charge in [-0.15, -0.1) is 0 Å². The van der Waals surface area contributed by atoms with Crippen LogP contribution in [0.1, 0.15) is 37.6 Å². The molecule has 4 nitrogen and oxygen atoms in total. The number of rotatable bonds is 9. The molecule has 0 bridgehead atoms. The van der Waals surface area contributed by atoms with Crippen molar-refractivity contribution in [3.63, 3.8) is 0 Å². The van der Waals surface area contributed by atoms with E-state index in [9.17, 15) is 0 Å². The number of aromatic nitrogens is 2. The third-order valence-corrected chi connectivity index (χ3v) is 6.16. The first-order valence-electron chi connectivity index (χ1n) is 12.0. The second-order valence-electron chi connectivity index (χ2n) is 8.89. The van der Waals surface area contributed by atoms with Gasteiger partial charge in [-0.1, -0.05) is 68.4 Å². The Bertz CT molecular complexity index is 1390. The van der Waals surface area contributed by atoms with Gasteiger partial charge in [0.1, 0.15) is 23.9 Å². The van der Waals surface area contributed by atoms with Crippen LogP contribution in [0, 0.1) is 0 Å². The molecular formula is C30H30N2O2. The lowest BCUT2D eigenvalue weighted by Gasteiger charge is -2.12. The van der Waals surface area contributed by atoms with E-state index in [1.807, 2.05) is 18.2 Å². The highest BCUT2D eigenvalue weighted by Crippen LogP contribution is 2.23. The summed E-state index contributed by atoms with van der Waals surface area (Å²) >= 11 is 0. The maximum atomic E-state index is 6.16. The summed E-state index contributed by atoms with van der Waals surface area (Å²) in [5.74, 6) is 3.22. The van der Waals surface area contributed by atoms with Crippen LogP contribution in [-0.2, 0) is 13.2 Å². The number of imidazole rings is 1. The Hall–Kier alpha value is -3.79. The summed E-state index contributed by atoms with van der Waals surface area (Å²) < 4.78 is 14.4. The van der Waals surface area contributed by atoms with E-state index in [1.54, 1.807) is 0 Å². The van der Waals surface area contributed by atoms with Crippen molar-refractivity contribution in [2.75, 3.05) is 6.61 Å². The summed E-state index contributed by atoms with van der Waals surface area (Å²) in [6, 6.07) is 31.2. The summed E-state index contributed by atoms with van der Waals surface area (Å²) in [6.45, 7) is 6.29. The number of hydrogen-bond donors (Lipinski definition) is 0. The molecule has 1 aromatic heterocycles. The van der Waals surface area contributed by atoms with E-state index in [1.165, 1.54) is 16.3 Å².